The van der Waals surface area contributed by atoms with Gasteiger partial charge in [-0.1, -0.05) is 6.07 Å². The van der Waals surface area contributed by atoms with Crippen LogP contribution in [0.1, 0.15) is 10.4 Å². The van der Waals surface area contributed by atoms with Crippen molar-refractivity contribution < 1.29 is 14.3 Å². The highest BCUT2D eigenvalue weighted by atomic mass is 19.1. The van der Waals surface area contributed by atoms with E-state index >= 15 is 0 Å². The lowest BCUT2D eigenvalue weighted by Gasteiger charge is -2.09. The smallest absolute Gasteiger partial charge is 0.337 e. The predicted molar refractivity (Wildman–Crippen MR) is 60.8 cm³/mol. The molecule has 92 valence electrons. The molecule has 0 atom stereocenters. The van der Waals surface area contributed by atoms with Crippen LogP contribution in [0, 0.1) is 39.8 Å². The van der Waals surface area contributed by atoms with Crippen molar-refractivity contribution in [2.45, 2.75) is 0 Å². The van der Waals surface area contributed by atoms with Crippen LogP contribution < -0.4 is 5.32 Å². The van der Waals surface area contributed by atoms with Gasteiger partial charge in [0.15, 0.2) is 5.57 Å². The SMILES string of the molecule is N#CC(C#N)=C(C#N)Nc1c(F)cccc1C(=O)O. The monoisotopic (exact) mass is 256 g/mol. The number of hydrogen-bond acceptors (Lipinski definition) is 5. The molecule has 0 bridgehead atoms. The second kappa shape index (κ2) is 5.81. The van der Waals surface area contributed by atoms with Gasteiger partial charge in [0.25, 0.3) is 0 Å². The van der Waals surface area contributed by atoms with Gasteiger partial charge >= 0.3 is 5.97 Å². The van der Waals surface area contributed by atoms with Crippen LogP contribution in [-0.4, -0.2) is 11.1 Å². The number of benzene rings is 1. The van der Waals surface area contributed by atoms with Crippen molar-refractivity contribution in [3.63, 3.8) is 0 Å². The fourth-order valence-corrected chi connectivity index (χ4v) is 1.24. The number of allylic oxidation sites excluding steroid dienone is 2. The number of carboxylic acid groups (broad SMARTS) is 1. The van der Waals surface area contributed by atoms with E-state index in [1.54, 1.807) is 0 Å². The van der Waals surface area contributed by atoms with Gasteiger partial charge in [0.1, 0.15) is 29.7 Å². The van der Waals surface area contributed by atoms with Crippen molar-refractivity contribution in [3.8, 4) is 18.2 Å². The first-order valence-corrected chi connectivity index (χ1v) is 4.78. The molecular weight excluding hydrogens is 251 g/mol. The van der Waals surface area contributed by atoms with Gasteiger partial charge in [-0.25, -0.2) is 9.18 Å². The number of anilines is 1. The summed E-state index contributed by atoms with van der Waals surface area (Å²) in [6.07, 6.45) is 0. The Kier molecular flexibility index (Phi) is 4.19. The normalized spacial score (nSPS) is 8.53. The van der Waals surface area contributed by atoms with E-state index in [1.165, 1.54) is 24.3 Å². The van der Waals surface area contributed by atoms with Crippen molar-refractivity contribution in [3.05, 3.63) is 40.8 Å². The minimum absolute atomic E-state index is 0.414. The number of nitrogens with zero attached hydrogens (tertiary/aromatic N) is 3. The number of hydrogen-bond donors (Lipinski definition) is 2. The summed E-state index contributed by atoms with van der Waals surface area (Å²) in [4.78, 5) is 10.9. The van der Waals surface area contributed by atoms with Gasteiger partial charge in [0.05, 0.1) is 11.3 Å². The predicted octanol–water partition coefficient (Wildman–Crippen LogP) is 1.76. The number of nitrogens with one attached hydrogen (secondary N) is 1. The molecule has 0 aliphatic heterocycles. The molecule has 0 unspecified atom stereocenters. The Hall–Kier alpha value is -3.37. The molecular formula is C12H5FN4O2. The molecule has 7 heteroatoms. The summed E-state index contributed by atoms with van der Waals surface area (Å²) in [6.45, 7) is 0. The van der Waals surface area contributed by atoms with Crippen LogP contribution in [0.15, 0.2) is 29.5 Å². The fraction of sp³-hybridized carbons (Fsp3) is 0. The summed E-state index contributed by atoms with van der Waals surface area (Å²) in [6, 6.07) is 7.72. The summed E-state index contributed by atoms with van der Waals surface area (Å²) < 4.78 is 13.6. The van der Waals surface area contributed by atoms with Crippen LogP contribution in [0.25, 0.3) is 0 Å². The number of carboxylic acids is 1. The Morgan fingerprint density at radius 1 is 1.21 bits per heavy atom. The molecule has 0 amide bonds. The van der Waals surface area contributed by atoms with Gasteiger partial charge in [-0.05, 0) is 12.1 Å². The van der Waals surface area contributed by atoms with Crippen LogP contribution >= 0.6 is 0 Å². The van der Waals surface area contributed by atoms with Gasteiger partial charge in [-0.3, -0.25) is 0 Å². The number of aromatic carboxylic acids is 1. The molecule has 0 saturated heterocycles. The number of carbonyl (C=O) groups is 1. The van der Waals surface area contributed by atoms with E-state index in [0.29, 0.717) is 0 Å². The third kappa shape index (κ3) is 2.85. The zero-order valence-electron chi connectivity index (χ0n) is 9.31. The number of nitriles is 3. The summed E-state index contributed by atoms with van der Waals surface area (Å²) in [5.41, 5.74) is -1.97. The second-order valence-electron chi connectivity index (χ2n) is 3.18. The minimum Gasteiger partial charge on any atom is -0.478 e. The third-order valence-electron chi connectivity index (χ3n) is 2.08. The van der Waals surface area contributed by atoms with Gasteiger partial charge in [0.2, 0.25) is 0 Å². The summed E-state index contributed by atoms with van der Waals surface area (Å²) in [5, 5.41) is 37.1. The number of rotatable bonds is 3. The lowest BCUT2D eigenvalue weighted by Crippen LogP contribution is -2.09. The first-order chi connectivity index (χ1) is 9.04. The van der Waals surface area contributed by atoms with E-state index < -0.39 is 34.3 Å². The molecule has 6 nitrogen and oxygen atoms in total. The fourth-order valence-electron chi connectivity index (χ4n) is 1.24. The topological polar surface area (TPSA) is 121 Å². The maximum Gasteiger partial charge on any atom is 0.337 e. The second-order valence-corrected chi connectivity index (χ2v) is 3.18. The van der Waals surface area contributed by atoms with Gasteiger partial charge in [-0.15, -0.1) is 0 Å². The van der Waals surface area contributed by atoms with Crippen LogP contribution in [0.3, 0.4) is 0 Å². The van der Waals surface area contributed by atoms with E-state index in [4.69, 9.17) is 20.9 Å². The van der Waals surface area contributed by atoms with Crippen molar-refractivity contribution in [2.24, 2.45) is 0 Å². The highest BCUT2D eigenvalue weighted by Crippen LogP contribution is 2.22. The van der Waals surface area contributed by atoms with Crippen LogP contribution in [0.2, 0.25) is 0 Å². The molecule has 0 radical (unpaired) electrons. The molecule has 0 aliphatic rings. The quantitative estimate of drug-likeness (QED) is 0.794. The highest BCUT2D eigenvalue weighted by Gasteiger charge is 2.16. The maximum atomic E-state index is 13.6. The summed E-state index contributed by atoms with van der Waals surface area (Å²) >= 11 is 0. The van der Waals surface area contributed by atoms with E-state index in [1.807, 2.05) is 0 Å². The lowest BCUT2D eigenvalue weighted by atomic mass is 10.1. The average molecular weight is 256 g/mol. The zero-order chi connectivity index (χ0) is 14.4. The van der Waals surface area contributed by atoms with Gasteiger partial charge in [0, 0.05) is 0 Å². The Labute approximate surface area is 107 Å². The molecule has 0 spiro atoms. The van der Waals surface area contributed by atoms with Crippen LogP contribution in [0.4, 0.5) is 10.1 Å². The van der Waals surface area contributed by atoms with Crippen molar-refractivity contribution in [1.82, 2.24) is 0 Å². The molecule has 1 aromatic carbocycles. The van der Waals surface area contributed by atoms with E-state index in [2.05, 4.69) is 5.32 Å². The van der Waals surface area contributed by atoms with Gasteiger partial charge in [-0.2, -0.15) is 15.8 Å². The summed E-state index contributed by atoms with van der Waals surface area (Å²) in [7, 11) is 0. The lowest BCUT2D eigenvalue weighted by molar-refractivity contribution is 0.0697. The van der Waals surface area contributed by atoms with Crippen molar-refractivity contribution >= 4 is 11.7 Å². The summed E-state index contributed by atoms with van der Waals surface area (Å²) in [5.74, 6) is -2.32. The zero-order valence-corrected chi connectivity index (χ0v) is 9.31. The molecule has 0 fully saturated rings. The highest BCUT2D eigenvalue weighted by molar-refractivity contribution is 5.94. The molecule has 19 heavy (non-hydrogen) atoms. The Balaban J connectivity index is 3.40. The van der Waals surface area contributed by atoms with E-state index in [9.17, 15) is 9.18 Å². The van der Waals surface area contributed by atoms with Crippen LogP contribution in [-0.2, 0) is 0 Å². The largest absolute Gasteiger partial charge is 0.478 e. The molecule has 1 rings (SSSR count). The van der Waals surface area contributed by atoms with Crippen molar-refractivity contribution in [2.75, 3.05) is 5.32 Å². The van der Waals surface area contributed by atoms with Crippen LogP contribution in [0.5, 0.6) is 0 Å². The number of halogens is 1. The van der Waals surface area contributed by atoms with Crippen molar-refractivity contribution in [1.29, 1.82) is 15.8 Å². The third-order valence-corrected chi connectivity index (χ3v) is 2.08. The molecule has 0 heterocycles. The van der Waals surface area contributed by atoms with Gasteiger partial charge < -0.3 is 10.4 Å². The average Bonchev–Trinajstić information content (AvgIpc) is 2.40. The Bertz CT molecular complexity index is 673. The molecule has 0 saturated carbocycles. The minimum atomic E-state index is -1.41. The maximum absolute atomic E-state index is 13.6. The molecule has 0 aromatic heterocycles. The molecule has 0 aliphatic carbocycles. The standard InChI is InChI=1S/C12H5FN4O2/c13-9-3-1-2-8(12(18)19)11(9)17-10(6-16)7(4-14)5-15/h1-3,17H,(H,18,19). The van der Waals surface area contributed by atoms with E-state index in [-0.39, 0.29) is 0 Å². The van der Waals surface area contributed by atoms with E-state index in [0.717, 1.165) is 12.1 Å². The Morgan fingerprint density at radius 2 is 1.84 bits per heavy atom. The number of para-hydroxylation sites is 1. The first-order valence-electron chi connectivity index (χ1n) is 4.78. The molecule has 2 N–H and O–H groups in total. The first kappa shape index (κ1) is 13.7. The molecule has 1 aromatic rings. The Morgan fingerprint density at radius 3 is 2.32 bits per heavy atom.